The van der Waals surface area contributed by atoms with E-state index in [0.717, 1.165) is 11.2 Å². The first-order chi connectivity index (χ1) is 8.19. The molecule has 2 rings (SSSR count). The Balaban J connectivity index is 2.02. The van der Waals surface area contributed by atoms with E-state index in [1.165, 1.54) is 0 Å². The highest BCUT2D eigenvalue weighted by molar-refractivity contribution is 5.75. The van der Waals surface area contributed by atoms with Crippen molar-refractivity contribution in [1.82, 2.24) is 19.9 Å². The average molecular weight is 233 g/mol. The molecule has 0 unspecified atom stereocenters. The van der Waals surface area contributed by atoms with Crippen molar-refractivity contribution < 1.29 is 4.79 Å². The van der Waals surface area contributed by atoms with E-state index < -0.39 is 0 Å². The molecule has 0 bridgehead atoms. The smallest absolute Gasteiger partial charge is 0.243 e. The van der Waals surface area contributed by atoms with Crippen LogP contribution in [0, 0.1) is 6.92 Å². The van der Waals surface area contributed by atoms with Crippen molar-refractivity contribution in [2.45, 2.75) is 13.3 Å². The molecule has 0 aliphatic heterocycles. The van der Waals surface area contributed by atoms with Gasteiger partial charge in [0.2, 0.25) is 11.9 Å². The molecule has 2 heterocycles. The van der Waals surface area contributed by atoms with Crippen LogP contribution < -0.4 is 10.6 Å². The lowest BCUT2D eigenvalue weighted by Crippen LogP contribution is -2.21. The van der Waals surface area contributed by atoms with Gasteiger partial charge in [-0.1, -0.05) is 0 Å². The molecule has 0 aliphatic carbocycles. The second kappa shape index (κ2) is 4.82. The van der Waals surface area contributed by atoms with Crippen LogP contribution in [-0.2, 0) is 4.79 Å². The Labute approximate surface area is 99.0 Å². The Morgan fingerprint density at radius 2 is 2.35 bits per heavy atom. The maximum atomic E-state index is 11.0. The Kier molecular flexibility index (Phi) is 3.22. The molecule has 2 N–H and O–H groups in total. The largest absolute Gasteiger partial charge is 0.359 e. The van der Waals surface area contributed by atoms with Gasteiger partial charge in [-0.05, 0) is 24.6 Å². The summed E-state index contributed by atoms with van der Waals surface area (Å²) in [5.41, 5.74) is 1.94. The normalized spacial score (nSPS) is 10.5. The Morgan fingerprint density at radius 3 is 3.12 bits per heavy atom. The summed E-state index contributed by atoms with van der Waals surface area (Å²) < 4.78 is 1.70. The summed E-state index contributed by atoms with van der Waals surface area (Å²) in [5.74, 6) is 0.539. The molecule has 0 aliphatic rings. The summed E-state index contributed by atoms with van der Waals surface area (Å²) in [6.07, 6.45) is 2.27. The Bertz CT molecular complexity index is 534. The van der Waals surface area contributed by atoms with Gasteiger partial charge in [0.15, 0.2) is 5.65 Å². The quantitative estimate of drug-likeness (QED) is 0.810. The summed E-state index contributed by atoms with van der Waals surface area (Å²) in [7, 11) is 1.62. The minimum Gasteiger partial charge on any atom is -0.359 e. The zero-order valence-corrected chi connectivity index (χ0v) is 9.90. The fourth-order valence-corrected chi connectivity index (χ4v) is 1.47. The molecule has 6 nitrogen and oxygen atoms in total. The van der Waals surface area contributed by atoms with E-state index in [9.17, 15) is 4.79 Å². The van der Waals surface area contributed by atoms with Gasteiger partial charge in [0, 0.05) is 26.2 Å². The predicted molar refractivity (Wildman–Crippen MR) is 64.9 cm³/mol. The number of carbonyl (C=O) groups is 1. The highest BCUT2D eigenvalue weighted by Crippen LogP contribution is 2.07. The minimum absolute atomic E-state index is 0.00268. The highest BCUT2D eigenvalue weighted by Gasteiger charge is 2.03. The minimum atomic E-state index is -0.00268. The van der Waals surface area contributed by atoms with Crippen LogP contribution in [-0.4, -0.2) is 34.1 Å². The third-order valence-corrected chi connectivity index (χ3v) is 2.41. The lowest BCUT2D eigenvalue weighted by molar-refractivity contribution is -0.120. The number of rotatable bonds is 4. The number of aryl methyl sites for hydroxylation is 1. The van der Waals surface area contributed by atoms with Gasteiger partial charge in [-0.25, -0.2) is 4.52 Å². The van der Waals surface area contributed by atoms with Gasteiger partial charge in [-0.3, -0.25) is 4.79 Å². The highest BCUT2D eigenvalue weighted by atomic mass is 16.1. The van der Waals surface area contributed by atoms with Crippen LogP contribution in [0.25, 0.3) is 5.65 Å². The van der Waals surface area contributed by atoms with Crippen LogP contribution >= 0.6 is 0 Å². The van der Waals surface area contributed by atoms with Crippen molar-refractivity contribution >= 4 is 17.5 Å². The second-order valence-electron chi connectivity index (χ2n) is 3.79. The zero-order valence-electron chi connectivity index (χ0n) is 9.90. The maximum absolute atomic E-state index is 11.0. The molecule has 0 aromatic carbocycles. The van der Waals surface area contributed by atoms with Gasteiger partial charge >= 0.3 is 0 Å². The number of pyridine rings is 1. The molecular weight excluding hydrogens is 218 g/mol. The number of amides is 1. The molecule has 2 aromatic rings. The van der Waals surface area contributed by atoms with Gasteiger partial charge in [-0.2, -0.15) is 4.98 Å². The fourth-order valence-electron chi connectivity index (χ4n) is 1.47. The van der Waals surface area contributed by atoms with Crippen molar-refractivity contribution in [3.63, 3.8) is 0 Å². The van der Waals surface area contributed by atoms with E-state index in [0.29, 0.717) is 18.9 Å². The van der Waals surface area contributed by atoms with Gasteiger partial charge in [0.05, 0.1) is 0 Å². The lowest BCUT2D eigenvalue weighted by Gasteiger charge is -1.99. The molecule has 0 fully saturated rings. The first-order valence-electron chi connectivity index (χ1n) is 5.46. The number of anilines is 1. The first-order valence-corrected chi connectivity index (χ1v) is 5.46. The van der Waals surface area contributed by atoms with Crippen molar-refractivity contribution in [2.24, 2.45) is 0 Å². The predicted octanol–water partition coefficient (Wildman–Crippen LogP) is 0.586. The van der Waals surface area contributed by atoms with E-state index in [1.54, 1.807) is 11.6 Å². The van der Waals surface area contributed by atoms with E-state index in [1.807, 2.05) is 25.3 Å². The van der Waals surface area contributed by atoms with Gasteiger partial charge < -0.3 is 10.6 Å². The molecule has 0 atom stereocenters. The van der Waals surface area contributed by atoms with Crippen LogP contribution in [0.2, 0.25) is 0 Å². The van der Waals surface area contributed by atoms with Crippen molar-refractivity contribution in [1.29, 1.82) is 0 Å². The SMILES string of the molecule is CNC(=O)CCNc1nc2cc(C)ccn2n1. The molecule has 1 amide bonds. The van der Waals surface area contributed by atoms with Crippen molar-refractivity contribution in [3.05, 3.63) is 23.9 Å². The lowest BCUT2D eigenvalue weighted by atomic mass is 10.3. The second-order valence-corrected chi connectivity index (χ2v) is 3.79. The zero-order chi connectivity index (χ0) is 12.3. The van der Waals surface area contributed by atoms with Crippen molar-refractivity contribution in [3.8, 4) is 0 Å². The number of hydrogen-bond acceptors (Lipinski definition) is 4. The van der Waals surface area contributed by atoms with Crippen molar-refractivity contribution in [2.75, 3.05) is 18.9 Å². The number of nitrogens with one attached hydrogen (secondary N) is 2. The molecule has 6 heteroatoms. The maximum Gasteiger partial charge on any atom is 0.243 e. The molecule has 90 valence electrons. The molecular formula is C11H15N5O. The summed E-state index contributed by atoms with van der Waals surface area (Å²) in [4.78, 5) is 15.3. The van der Waals surface area contributed by atoms with E-state index >= 15 is 0 Å². The molecule has 17 heavy (non-hydrogen) atoms. The van der Waals surface area contributed by atoms with Crippen LogP contribution in [0.15, 0.2) is 18.3 Å². The summed E-state index contributed by atoms with van der Waals surface area (Å²) >= 11 is 0. The fraction of sp³-hybridized carbons (Fsp3) is 0.364. The number of carbonyl (C=O) groups excluding carboxylic acids is 1. The molecule has 0 radical (unpaired) electrons. The van der Waals surface area contributed by atoms with E-state index in [-0.39, 0.29) is 5.91 Å². The monoisotopic (exact) mass is 233 g/mol. The average Bonchev–Trinajstić information content (AvgIpc) is 2.70. The number of aromatic nitrogens is 3. The van der Waals surface area contributed by atoms with Gasteiger partial charge in [0.1, 0.15) is 0 Å². The van der Waals surface area contributed by atoms with Crippen LogP contribution in [0.3, 0.4) is 0 Å². The van der Waals surface area contributed by atoms with Crippen LogP contribution in [0.4, 0.5) is 5.95 Å². The van der Waals surface area contributed by atoms with E-state index in [4.69, 9.17) is 0 Å². The van der Waals surface area contributed by atoms with Crippen LogP contribution in [0.5, 0.6) is 0 Å². The Hall–Kier alpha value is -2.11. The summed E-state index contributed by atoms with van der Waals surface area (Å²) in [5, 5.41) is 9.81. The standard InChI is InChI=1S/C11H15N5O/c1-8-4-6-16-9(7-8)14-11(15-16)13-5-3-10(17)12-2/h4,6-7H,3,5H2,1-2H3,(H,12,17)(H,13,15). The number of fused-ring (bicyclic) bond motifs is 1. The molecule has 0 spiro atoms. The Morgan fingerprint density at radius 1 is 1.53 bits per heavy atom. The molecule has 0 saturated heterocycles. The first kappa shape index (κ1) is 11.4. The van der Waals surface area contributed by atoms with Gasteiger partial charge in [0.25, 0.3) is 0 Å². The molecule has 2 aromatic heterocycles. The number of nitrogens with zero attached hydrogens (tertiary/aromatic N) is 3. The number of hydrogen-bond donors (Lipinski definition) is 2. The van der Waals surface area contributed by atoms with Gasteiger partial charge in [-0.15, -0.1) is 5.10 Å². The topological polar surface area (TPSA) is 71.3 Å². The summed E-state index contributed by atoms with van der Waals surface area (Å²) in [6.45, 7) is 2.53. The molecule has 0 saturated carbocycles. The van der Waals surface area contributed by atoms with Crippen LogP contribution in [0.1, 0.15) is 12.0 Å². The third-order valence-electron chi connectivity index (χ3n) is 2.41. The third kappa shape index (κ3) is 2.72. The summed E-state index contributed by atoms with van der Waals surface area (Å²) in [6, 6.07) is 3.92. The van der Waals surface area contributed by atoms with E-state index in [2.05, 4.69) is 20.7 Å².